The van der Waals surface area contributed by atoms with Gasteiger partial charge in [-0.2, -0.15) is 0 Å². The van der Waals surface area contributed by atoms with Crippen LogP contribution in [0.2, 0.25) is 0 Å². The highest BCUT2D eigenvalue weighted by Gasteiger charge is 1.96. The van der Waals surface area contributed by atoms with Crippen molar-refractivity contribution < 1.29 is 4.79 Å². The third-order valence-corrected chi connectivity index (χ3v) is 1.27. The smallest absolute Gasteiger partial charge is 0.178 e. The number of nitrogens with zero attached hydrogens (tertiary/aromatic N) is 1. The van der Waals surface area contributed by atoms with Crippen molar-refractivity contribution in [2.45, 2.75) is 6.92 Å². The van der Waals surface area contributed by atoms with Crippen LogP contribution in [-0.4, -0.2) is 18.6 Å². The summed E-state index contributed by atoms with van der Waals surface area (Å²) in [4.78, 5) is 14.6. The van der Waals surface area contributed by atoms with Gasteiger partial charge in [0.25, 0.3) is 0 Å². The number of aromatic nitrogens is 1. The van der Waals surface area contributed by atoms with Gasteiger partial charge in [-0.15, -0.1) is 0 Å². The molecule has 0 spiro atoms. The van der Waals surface area contributed by atoms with Gasteiger partial charge in [-0.05, 0) is 6.07 Å². The largest absolute Gasteiger partial charge is 0.293 e. The maximum atomic E-state index is 10.7. The standard InChI is InChI=1S/C7H8BNO/c1-5(10)7-3-2-6(8)4-9-7/h2-4H,8H2,1H3. The molecular weight excluding hydrogens is 125 g/mol. The lowest BCUT2D eigenvalue weighted by molar-refractivity contribution is 0.101. The number of carbonyl (C=O) groups excluding carboxylic acids is 1. The fourth-order valence-electron chi connectivity index (χ4n) is 0.676. The zero-order valence-electron chi connectivity index (χ0n) is 6.09. The maximum Gasteiger partial charge on any atom is 0.178 e. The number of rotatable bonds is 1. The average Bonchev–Trinajstić information content (AvgIpc) is 1.88. The van der Waals surface area contributed by atoms with Crippen molar-refractivity contribution in [1.29, 1.82) is 0 Å². The molecule has 0 unspecified atom stereocenters. The highest BCUT2D eigenvalue weighted by atomic mass is 16.1. The van der Waals surface area contributed by atoms with Crippen molar-refractivity contribution in [3.63, 3.8) is 0 Å². The Hall–Kier alpha value is -1.12. The van der Waals surface area contributed by atoms with E-state index < -0.39 is 0 Å². The molecule has 1 rings (SSSR count). The molecule has 3 heteroatoms. The average molecular weight is 133 g/mol. The van der Waals surface area contributed by atoms with Gasteiger partial charge < -0.3 is 0 Å². The molecule has 0 fully saturated rings. The summed E-state index contributed by atoms with van der Waals surface area (Å²) >= 11 is 0. The number of hydrogen-bond donors (Lipinski definition) is 0. The van der Waals surface area contributed by atoms with Gasteiger partial charge in [-0.25, -0.2) is 0 Å². The first-order valence-corrected chi connectivity index (χ1v) is 3.14. The SMILES string of the molecule is Bc1ccc(C(C)=O)nc1. The van der Waals surface area contributed by atoms with Gasteiger partial charge in [0.1, 0.15) is 13.5 Å². The number of carbonyl (C=O) groups is 1. The lowest BCUT2D eigenvalue weighted by Gasteiger charge is -1.93. The molecule has 1 aromatic heterocycles. The van der Waals surface area contributed by atoms with Crippen LogP contribution < -0.4 is 5.46 Å². The molecule has 0 atom stereocenters. The number of Topliss-reactive ketones (excluding diaryl/α,β-unsaturated/α-hetero) is 1. The van der Waals surface area contributed by atoms with Crippen LogP contribution in [0.25, 0.3) is 0 Å². The Morgan fingerprint density at radius 2 is 2.30 bits per heavy atom. The van der Waals surface area contributed by atoms with Gasteiger partial charge in [0, 0.05) is 13.1 Å². The van der Waals surface area contributed by atoms with Crippen LogP contribution in [0.3, 0.4) is 0 Å². The van der Waals surface area contributed by atoms with Gasteiger partial charge in [-0.1, -0.05) is 11.5 Å². The quantitative estimate of drug-likeness (QED) is 0.383. The normalized spacial score (nSPS) is 9.30. The van der Waals surface area contributed by atoms with E-state index in [4.69, 9.17) is 0 Å². The van der Waals surface area contributed by atoms with E-state index in [-0.39, 0.29) is 5.78 Å². The molecule has 1 heterocycles. The minimum absolute atomic E-state index is 0.0139. The van der Waals surface area contributed by atoms with Crippen LogP contribution in [0.1, 0.15) is 17.4 Å². The fourth-order valence-corrected chi connectivity index (χ4v) is 0.676. The topological polar surface area (TPSA) is 30.0 Å². The molecule has 1 aromatic rings. The molecular formula is C7H8BNO. The third kappa shape index (κ3) is 1.44. The van der Waals surface area contributed by atoms with E-state index in [1.165, 1.54) is 6.92 Å². The molecule has 0 saturated heterocycles. The second-order valence-corrected chi connectivity index (χ2v) is 2.28. The highest BCUT2D eigenvalue weighted by Crippen LogP contribution is 1.90. The van der Waals surface area contributed by atoms with Gasteiger partial charge in [0.2, 0.25) is 0 Å². The third-order valence-electron chi connectivity index (χ3n) is 1.27. The Kier molecular flexibility index (Phi) is 1.85. The lowest BCUT2D eigenvalue weighted by atomic mass is 9.98. The van der Waals surface area contributed by atoms with Crippen molar-refractivity contribution >= 4 is 19.1 Å². The van der Waals surface area contributed by atoms with E-state index in [1.54, 1.807) is 12.3 Å². The Morgan fingerprint density at radius 1 is 1.60 bits per heavy atom. The van der Waals surface area contributed by atoms with Crippen LogP contribution in [0.4, 0.5) is 0 Å². The van der Waals surface area contributed by atoms with Crippen molar-refractivity contribution in [1.82, 2.24) is 4.98 Å². The summed E-state index contributed by atoms with van der Waals surface area (Å²) in [7, 11) is 1.94. The summed E-state index contributed by atoms with van der Waals surface area (Å²) in [6, 6.07) is 3.61. The molecule has 0 bridgehead atoms. The van der Waals surface area contributed by atoms with E-state index in [0.29, 0.717) is 5.69 Å². The first-order valence-electron chi connectivity index (χ1n) is 3.14. The zero-order chi connectivity index (χ0) is 7.56. The molecule has 0 amide bonds. The van der Waals surface area contributed by atoms with Crippen molar-refractivity contribution in [3.8, 4) is 0 Å². The van der Waals surface area contributed by atoms with Gasteiger partial charge >= 0.3 is 0 Å². The van der Waals surface area contributed by atoms with Crippen LogP contribution in [-0.2, 0) is 0 Å². The van der Waals surface area contributed by atoms with E-state index in [1.807, 2.05) is 13.9 Å². The molecule has 0 aliphatic rings. The van der Waals surface area contributed by atoms with Crippen molar-refractivity contribution in [3.05, 3.63) is 24.0 Å². The Balaban J connectivity index is 3.00. The van der Waals surface area contributed by atoms with Crippen molar-refractivity contribution in [2.24, 2.45) is 0 Å². The predicted octanol–water partition coefficient (Wildman–Crippen LogP) is -0.457. The summed E-state index contributed by atoms with van der Waals surface area (Å²) in [5, 5.41) is 0. The Bertz CT molecular complexity index is 242. The predicted molar refractivity (Wildman–Crippen MR) is 42.4 cm³/mol. The molecule has 0 aliphatic heterocycles. The Morgan fingerprint density at radius 3 is 2.70 bits per heavy atom. The minimum Gasteiger partial charge on any atom is -0.293 e. The summed E-state index contributed by atoms with van der Waals surface area (Å²) in [5.41, 5.74) is 1.61. The van der Waals surface area contributed by atoms with E-state index >= 15 is 0 Å². The summed E-state index contributed by atoms with van der Waals surface area (Å²) in [6.45, 7) is 1.51. The van der Waals surface area contributed by atoms with E-state index in [0.717, 1.165) is 5.46 Å². The number of hydrogen-bond acceptors (Lipinski definition) is 2. The van der Waals surface area contributed by atoms with Crippen LogP contribution in [0.5, 0.6) is 0 Å². The number of pyridine rings is 1. The van der Waals surface area contributed by atoms with Crippen molar-refractivity contribution in [2.75, 3.05) is 0 Å². The van der Waals surface area contributed by atoms with Gasteiger partial charge in [-0.3, -0.25) is 9.78 Å². The van der Waals surface area contributed by atoms with Crippen LogP contribution in [0, 0.1) is 0 Å². The van der Waals surface area contributed by atoms with Crippen LogP contribution >= 0.6 is 0 Å². The molecule has 0 aliphatic carbocycles. The number of ketones is 1. The van der Waals surface area contributed by atoms with Crippen LogP contribution in [0.15, 0.2) is 18.3 Å². The molecule has 10 heavy (non-hydrogen) atoms. The molecule has 50 valence electrons. The first kappa shape index (κ1) is 7.00. The summed E-state index contributed by atoms with van der Waals surface area (Å²) < 4.78 is 0. The molecule has 0 radical (unpaired) electrons. The van der Waals surface area contributed by atoms with Gasteiger partial charge in [0.15, 0.2) is 5.78 Å². The monoisotopic (exact) mass is 133 g/mol. The molecule has 0 N–H and O–H groups in total. The highest BCUT2D eigenvalue weighted by molar-refractivity contribution is 6.32. The fraction of sp³-hybridized carbons (Fsp3) is 0.143. The molecule has 0 aromatic carbocycles. The second-order valence-electron chi connectivity index (χ2n) is 2.28. The maximum absolute atomic E-state index is 10.7. The zero-order valence-corrected chi connectivity index (χ0v) is 6.09. The Labute approximate surface area is 60.7 Å². The summed E-state index contributed by atoms with van der Waals surface area (Å²) in [6.07, 6.45) is 1.69. The van der Waals surface area contributed by atoms with Gasteiger partial charge in [0.05, 0.1) is 0 Å². The molecule has 2 nitrogen and oxygen atoms in total. The minimum atomic E-state index is 0.0139. The second kappa shape index (κ2) is 2.65. The van der Waals surface area contributed by atoms with E-state index in [9.17, 15) is 4.79 Å². The lowest BCUT2D eigenvalue weighted by Crippen LogP contribution is -2.05. The summed E-state index contributed by atoms with van der Waals surface area (Å²) in [5.74, 6) is 0.0139. The molecule has 0 saturated carbocycles. The van der Waals surface area contributed by atoms with E-state index in [2.05, 4.69) is 4.98 Å². The first-order chi connectivity index (χ1) is 4.70.